The van der Waals surface area contributed by atoms with E-state index in [1.54, 1.807) is 6.07 Å². The number of carbonyl (C=O) groups is 1. The second-order valence-electron chi connectivity index (χ2n) is 5.34. The summed E-state index contributed by atoms with van der Waals surface area (Å²) in [5.74, 6) is 0.472. The van der Waals surface area contributed by atoms with Crippen molar-refractivity contribution in [2.75, 3.05) is 25.4 Å². The number of nitrogens with zero attached hydrogens (tertiary/aromatic N) is 1. The zero-order valence-electron chi connectivity index (χ0n) is 11.4. The highest BCUT2D eigenvalue weighted by atomic mass is 16.3. The third-order valence-corrected chi connectivity index (χ3v) is 3.87. The van der Waals surface area contributed by atoms with Crippen molar-refractivity contribution >= 4 is 11.6 Å². The lowest BCUT2D eigenvalue weighted by Crippen LogP contribution is -2.40. The van der Waals surface area contributed by atoms with Gasteiger partial charge in [-0.1, -0.05) is 6.07 Å². The summed E-state index contributed by atoms with van der Waals surface area (Å²) >= 11 is 0. The average Bonchev–Trinajstić information content (AvgIpc) is 2.42. The molecule has 0 saturated carbocycles. The maximum absolute atomic E-state index is 12.4. The minimum atomic E-state index is 0.0503. The van der Waals surface area contributed by atoms with Crippen LogP contribution in [0.25, 0.3) is 0 Å². The monoisotopic (exact) mass is 262 g/mol. The Morgan fingerprint density at radius 1 is 1.53 bits per heavy atom. The van der Waals surface area contributed by atoms with Crippen LogP contribution in [0.5, 0.6) is 0 Å². The molecule has 1 heterocycles. The normalized spacial score (nSPS) is 19.5. The van der Waals surface area contributed by atoms with E-state index >= 15 is 0 Å². The first-order chi connectivity index (χ1) is 9.11. The predicted octanol–water partition coefficient (Wildman–Crippen LogP) is 1.81. The molecule has 1 saturated heterocycles. The summed E-state index contributed by atoms with van der Waals surface area (Å²) in [6.45, 7) is 3.67. The number of amides is 1. The molecule has 19 heavy (non-hydrogen) atoms. The number of aliphatic hydroxyl groups is 1. The Hall–Kier alpha value is -1.55. The molecule has 1 aliphatic heterocycles. The summed E-state index contributed by atoms with van der Waals surface area (Å²) in [6.07, 6.45) is 2.89. The number of nitrogens with two attached hydrogens (primary N) is 1. The number of carbonyl (C=O) groups excluding carboxylic acids is 1. The van der Waals surface area contributed by atoms with Crippen LogP contribution in [0.1, 0.15) is 35.2 Å². The number of aliphatic hydroxyl groups excluding tert-OH is 1. The van der Waals surface area contributed by atoms with Gasteiger partial charge in [0.2, 0.25) is 0 Å². The van der Waals surface area contributed by atoms with Gasteiger partial charge in [-0.3, -0.25) is 4.79 Å². The van der Waals surface area contributed by atoms with Crippen molar-refractivity contribution in [3.8, 4) is 0 Å². The fraction of sp³-hybridized carbons (Fsp3) is 0.533. The SMILES string of the molecule is Cc1ccc(C(=O)N2CCCC(CCO)C2)cc1N. The Morgan fingerprint density at radius 2 is 2.32 bits per heavy atom. The molecule has 104 valence electrons. The van der Waals surface area contributed by atoms with Crippen LogP contribution in [0.4, 0.5) is 5.69 Å². The smallest absolute Gasteiger partial charge is 0.253 e. The molecule has 2 rings (SSSR count). The van der Waals surface area contributed by atoms with Gasteiger partial charge in [0.05, 0.1) is 0 Å². The number of nitrogen functional groups attached to an aromatic ring is 1. The van der Waals surface area contributed by atoms with E-state index in [0.717, 1.165) is 37.9 Å². The van der Waals surface area contributed by atoms with Crippen molar-refractivity contribution in [2.24, 2.45) is 5.92 Å². The maximum atomic E-state index is 12.4. The molecule has 4 heteroatoms. The van der Waals surface area contributed by atoms with E-state index in [2.05, 4.69) is 0 Å². The zero-order valence-corrected chi connectivity index (χ0v) is 11.4. The molecule has 0 bridgehead atoms. The van der Waals surface area contributed by atoms with Crippen LogP contribution in [0, 0.1) is 12.8 Å². The van der Waals surface area contributed by atoms with E-state index in [4.69, 9.17) is 10.8 Å². The molecule has 1 fully saturated rings. The summed E-state index contributed by atoms with van der Waals surface area (Å²) in [5.41, 5.74) is 8.17. The number of benzene rings is 1. The highest BCUT2D eigenvalue weighted by Gasteiger charge is 2.24. The van der Waals surface area contributed by atoms with Crippen molar-refractivity contribution in [2.45, 2.75) is 26.2 Å². The Balaban J connectivity index is 2.08. The minimum absolute atomic E-state index is 0.0503. The summed E-state index contributed by atoms with van der Waals surface area (Å²) in [4.78, 5) is 14.3. The van der Waals surface area contributed by atoms with Gasteiger partial charge in [-0.25, -0.2) is 0 Å². The number of aryl methyl sites for hydroxylation is 1. The lowest BCUT2D eigenvalue weighted by atomic mass is 9.94. The Labute approximate surface area is 114 Å². The standard InChI is InChI=1S/C15H22N2O2/c1-11-4-5-13(9-14(11)16)15(19)17-7-2-3-12(10-17)6-8-18/h4-5,9,12,18H,2-3,6-8,10,16H2,1H3. The van der Waals surface area contributed by atoms with E-state index in [1.165, 1.54) is 0 Å². The molecule has 3 N–H and O–H groups in total. The Kier molecular flexibility index (Phi) is 4.43. The Morgan fingerprint density at radius 3 is 3.00 bits per heavy atom. The third kappa shape index (κ3) is 3.26. The van der Waals surface area contributed by atoms with Crippen LogP contribution >= 0.6 is 0 Å². The van der Waals surface area contributed by atoms with E-state index in [-0.39, 0.29) is 12.5 Å². The van der Waals surface area contributed by atoms with Gasteiger partial charge in [-0.15, -0.1) is 0 Å². The topological polar surface area (TPSA) is 66.6 Å². The lowest BCUT2D eigenvalue weighted by Gasteiger charge is -2.32. The molecule has 0 spiro atoms. The summed E-state index contributed by atoms with van der Waals surface area (Å²) in [5, 5.41) is 9.01. The van der Waals surface area contributed by atoms with E-state index in [0.29, 0.717) is 17.2 Å². The van der Waals surface area contributed by atoms with Gasteiger partial charge in [0, 0.05) is 30.9 Å². The van der Waals surface area contributed by atoms with Crippen LogP contribution in [0.2, 0.25) is 0 Å². The molecule has 1 atom stereocenters. The molecular weight excluding hydrogens is 240 g/mol. The predicted molar refractivity (Wildman–Crippen MR) is 75.9 cm³/mol. The van der Waals surface area contributed by atoms with Crippen LogP contribution in [0.3, 0.4) is 0 Å². The molecule has 1 aromatic rings. The van der Waals surface area contributed by atoms with Crippen molar-refractivity contribution in [1.82, 2.24) is 4.90 Å². The number of rotatable bonds is 3. The second-order valence-corrected chi connectivity index (χ2v) is 5.34. The molecule has 0 radical (unpaired) electrons. The van der Waals surface area contributed by atoms with Crippen molar-refractivity contribution < 1.29 is 9.90 Å². The number of likely N-dealkylation sites (tertiary alicyclic amines) is 1. The lowest BCUT2D eigenvalue weighted by molar-refractivity contribution is 0.0653. The molecular formula is C15H22N2O2. The molecule has 1 amide bonds. The maximum Gasteiger partial charge on any atom is 0.253 e. The number of hydrogen-bond acceptors (Lipinski definition) is 3. The number of anilines is 1. The first kappa shape index (κ1) is 13.9. The Bertz CT molecular complexity index is 457. The molecule has 0 aromatic heterocycles. The highest BCUT2D eigenvalue weighted by Crippen LogP contribution is 2.22. The summed E-state index contributed by atoms with van der Waals surface area (Å²) in [6, 6.07) is 5.48. The van der Waals surface area contributed by atoms with Crippen LogP contribution in [0.15, 0.2) is 18.2 Å². The van der Waals surface area contributed by atoms with Crippen molar-refractivity contribution in [1.29, 1.82) is 0 Å². The molecule has 0 aliphatic carbocycles. The molecule has 1 aliphatic rings. The van der Waals surface area contributed by atoms with E-state index in [1.807, 2.05) is 24.0 Å². The molecule has 4 nitrogen and oxygen atoms in total. The fourth-order valence-corrected chi connectivity index (χ4v) is 2.62. The van der Waals surface area contributed by atoms with Crippen molar-refractivity contribution in [3.63, 3.8) is 0 Å². The van der Waals surface area contributed by atoms with Crippen LogP contribution in [-0.4, -0.2) is 35.6 Å². The van der Waals surface area contributed by atoms with E-state index in [9.17, 15) is 4.79 Å². The largest absolute Gasteiger partial charge is 0.398 e. The summed E-state index contributed by atoms with van der Waals surface area (Å²) < 4.78 is 0. The first-order valence-electron chi connectivity index (χ1n) is 6.88. The van der Waals surface area contributed by atoms with Gasteiger partial charge in [0.1, 0.15) is 0 Å². The van der Waals surface area contributed by atoms with Gasteiger partial charge in [0.25, 0.3) is 5.91 Å². The average molecular weight is 262 g/mol. The van der Waals surface area contributed by atoms with Gasteiger partial charge < -0.3 is 15.7 Å². The van der Waals surface area contributed by atoms with Crippen molar-refractivity contribution in [3.05, 3.63) is 29.3 Å². The van der Waals surface area contributed by atoms with Gasteiger partial charge in [-0.05, 0) is 49.8 Å². The van der Waals surface area contributed by atoms with Gasteiger partial charge >= 0.3 is 0 Å². The third-order valence-electron chi connectivity index (χ3n) is 3.87. The van der Waals surface area contributed by atoms with Gasteiger partial charge in [-0.2, -0.15) is 0 Å². The molecule has 1 aromatic carbocycles. The second kappa shape index (κ2) is 6.06. The molecule has 1 unspecified atom stereocenters. The van der Waals surface area contributed by atoms with Crippen LogP contribution < -0.4 is 5.73 Å². The van der Waals surface area contributed by atoms with Crippen LogP contribution in [-0.2, 0) is 0 Å². The number of piperidine rings is 1. The number of hydrogen-bond donors (Lipinski definition) is 2. The minimum Gasteiger partial charge on any atom is -0.398 e. The quantitative estimate of drug-likeness (QED) is 0.816. The zero-order chi connectivity index (χ0) is 13.8. The highest BCUT2D eigenvalue weighted by molar-refractivity contribution is 5.95. The van der Waals surface area contributed by atoms with E-state index < -0.39 is 0 Å². The fourth-order valence-electron chi connectivity index (χ4n) is 2.62. The van der Waals surface area contributed by atoms with Gasteiger partial charge in [0.15, 0.2) is 0 Å². The first-order valence-corrected chi connectivity index (χ1v) is 6.88. The summed E-state index contributed by atoms with van der Waals surface area (Å²) in [7, 11) is 0.